The number of ether oxygens (including phenoxy) is 1. The van der Waals surface area contributed by atoms with Crippen LogP contribution in [-0.4, -0.2) is 17.1 Å². The van der Waals surface area contributed by atoms with Gasteiger partial charge in [-0.05, 0) is 59.8 Å². The van der Waals surface area contributed by atoms with E-state index in [2.05, 4.69) is 5.32 Å². The topological polar surface area (TPSA) is 72.5 Å². The molecule has 5 nitrogen and oxygen atoms in total. The molecular weight excluding hydrogens is 333 g/mol. The number of nitrogens with one attached hydrogen (secondary N) is 1. The number of hydrogen-bond acceptors (Lipinski definition) is 5. The van der Waals surface area contributed by atoms with Crippen molar-refractivity contribution in [2.75, 3.05) is 0 Å². The van der Waals surface area contributed by atoms with Crippen LogP contribution in [0.2, 0.25) is 0 Å². The Hall–Kier alpha value is -2.93. The van der Waals surface area contributed by atoms with Crippen LogP contribution < -0.4 is 10.1 Å². The predicted molar refractivity (Wildman–Crippen MR) is 86.9 cm³/mol. The van der Waals surface area contributed by atoms with Gasteiger partial charge >= 0.3 is 5.97 Å². The van der Waals surface area contributed by atoms with Crippen LogP contribution in [0.15, 0.2) is 53.4 Å². The summed E-state index contributed by atoms with van der Waals surface area (Å²) in [6.45, 7) is 0. The summed E-state index contributed by atoms with van der Waals surface area (Å²) in [6.07, 6.45) is 1.57. The second-order valence-electron chi connectivity index (χ2n) is 4.82. The van der Waals surface area contributed by atoms with Crippen LogP contribution in [0.3, 0.4) is 0 Å². The average molecular weight is 343 g/mol. The van der Waals surface area contributed by atoms with Crippen LogP contribution in [0, 0.1) is 5.82 Å². The molecule has 0 atom stereocenters. The van der Waals surface area contributed by atoms with Crippen LogP contribution in [-0.2, 0) is 4.79 Å². The van der Waals surface area contributed by atoms with Crippen LogP contribution >= 0.6 is 11.8 Å². The fraction of sp³-hybridized carbons (Fsp3) is 0. The summed E-state index contributed by atoms with van der Waals surface area (Å²) in [5, 5.41) is 1.76. The number of benzene rings is 2. The Morgan fingerprint density at radius 1 is 1.04 bits per heavy atom. The van der Waals surface area contributed by atoms with Gasteiger partial charge in [-0.25, -0.2) is 9.18 Å². The molecule has 2 amide bonds. The number of esters is 1. The van der Waals surface area contributed by atoms with E-state index in [-0.39, 0.29) is 5.56 Å². The van der Waals surface area contributed by atoms with Gasteiger partial charge in [-0.3, -0.25) is 14.9 Å². The van der Waals surface area contributed by atoms with E-state index in [1.165, 1.54) is 24.3 Å². The van der Waals surface area contributed by atoms with Crippen molar-refractivity contribution in [2.45, 2.75) is 0 Å². The fourth-order valence-electron chi connectivity index (χ4n) is 1.96. The maximum Gasteiger partial charge on any atom is 0.343 e. The molecule has 0 aliphatic carbocycles. The fourth-order valence-corrected chi connectivity index (χ4v) is 2.64. The molecule has 7 heteroatoms. The minimum atomic E-state index is -0.600. The molecule has 0 aromatic heterocycles. The number of rotatable bonds is 3. The summed E-state index contributed by atoms with van der Waals surface area (Å²) >= 11 is 0.827. The van der Waals surface area contributed by atoms with E-state index in [9.17, 15) is 18.8 Å². The summed E-state index contributed by atoms with van der Waals surface area (Å²) in [5.74, 6) is -1.16. The third kappa shape index (κ3) is 3.69. The molecule has 0 bridgehead atoms. The van der Waals surface area contributed by atoms with Crippen LogP contribution in [0.25, 0.3) is 6.08 Å². The molecule has 0 saturated carbocycles. The first-order chi connectivity index (χ1) is 11.5. The van der Waals surface area contributed by atoms with Crippen molar-refractivity contribution < 1.29 is 23.5 Å². The quantitative estimate of drug-likeness (QED) is 0.525. The second-order valence-corrected chi connectivity index (χ2v) is 5.83. The summed E-state index contributed by atoms with van der Waals surface area (Å²) < 4.78 is 18.0. The molecule has 1 fully saturated rings. The van der Waals surface area contributed by atoms with Gasteiger partial charge in [0.1, 0.15) is 11.6 Å². The highest BCUT2D eigenvalue weighted by Gasteiger charge is 2.24. The Labute approximate surface area is 140 Å². The van der Waals surface area contributed by atoms with Gasteiger partial charge in [0.2, 0.25) is 0 Å². The third-order valence-electron chi connectivity index (χ3n) is 3.11. The molecule has 1 heterocycles. The first kappa shape index (κ1) is 15.9. The number of halogens is 1. The highest BCUT2D eigenvalue weighted by atomic mass is 32.2. The number of hydrogen-bond donors (Lipinski definition) is 1. The van der Waals surface area contributed by atoms with Crippen LogP contribution in [0.5, 0.6) is 5.75 Å². The van der Waals surface area contributed by atoms with Gasteiger partial charge in [0, 0.05) is 0 Å². The molecule has 1 saturated heterocycles. The van der Waals surface area contributed by atoms with E-state index >= 15 is 0 Å². The molecule has 0 radical (unpaired) electrons. The standard InChI is InChI=1S/C17H10FNO4S/c18-12-5-3-11(4-6-12)16(21)23-13-7-1-10(2-8-13)9-14-15(20)19-17(22)24-14/h1-9H,(H,19,20,22)/b14-9-. The van der Waals surface area contributed by atoms with E-state index in [4.69, 9.17) is 4.74 Å². The van der Waals surface area contributed by atoms with Crippen LogP contribution in [0.4, 0.5) is 9.18 Å². The Balaban J connectivity index is 1.69. The SMILES string of the molecule is O=C1NC(=O)/C(=C/c2ccc(OC(=O)c3ccc(F)cc3)cc2)S1. The number of imide groups is 1. The average Bonchev–Trinajstić information content (AvgIpc) is 2.87. The third-order valence-corrected chi connectivity index (χ3v) is 3.92. The van der Waals surface area contributed by atoms with E-state index in [1.807, 2.05) is 0 Å². The normalized spacial score (nSPS) is 15.5. The van der Waals surface area contributed by atoms with Gasteiger partial charge in [0.15, 0.2) is 0 Å². The summed E-state index contributed by atoms with van der Waals surface area (Å²) in [5.41, 5.74) is 0.920. The highest BCUT2D eigenvalue weighted by molar-refractivity contribution is 8.18. The predicted octanol–water partition coefficient (Wildman–Crippen LogP) is 3.37. The number of carbonyl (C=O) groups excluding carboxylic acids is 3. The van der Waals surface area contributed by atoms with E-state index in [0.717, 1.165) is 11.8 Å². The lowest BCUT2D eigenvalue weighted by molar-refractivity contribution is -0.115. The van der Waals surface area contributed by atoms with Gasteiger partial charge in [-0.15, -0.1) is 0 Å². The lowest BCUT2D eigenvalue weighted by Crippen LogP contribution is -2.17. The minimum Gasteiger partial charge on any atom is -0.423 e. The van der Waals surface area contributed by atoms with Gasteiger partial charge in [0.05, 0.1) is 10.5 Å². The molecule has 1 aliphatic rings. The molecule has 0 unspecified atom stereocenters. The Morgan fingerprint density at radius 2 is 1.71 bits per heavy atom. The second kappa shape index (κ2) is 6.67. The molecule has 2 aromatic carbocycles. The summed E-state index contributed by atoms with van der Waals surface area (Å²) in [6, 6.07) is 11.5. The van der Waals surface area contributed by atoms with E-state index in [1.54, 1.807) is 30.3 Å². The van der Waals surface area contributed by atoms with Gasteiger partial charge in [-0.2, -0.15) is 0 Å². The zero-order chi connectivity index (χ0) is 17.1. The maximum absolute atomic E-state index is 12.8. The first-order valence-corrected chi connectivity index (χ1v) is 7.65. The van der Waals surface area contributed by atoms with E-state index < -0.39 is 22.9 Å². The minimum absolute atomic E-state index is 0.236. The Morgan fingerprint density at radius 3 is 2.29 bits per heavy atom. The van der Waals surface area contributed by atoms with Crippen molar-refractivity contribution in [2.24, 2.45) is 0 Å². The zero-order valence-electron chi connectivity index (χ0n) is 12.1. The van der Waals surface area contributed by atoms with Crippen molar-refractivity contribution in [3.05, 3.63) is 70.4 Å². The zero-order valence-corrected chi connectivity index (χ0v) is 12.9. The maximum atomic E-state index is 12.8. The molecule has 1 N–H and O–H groups in total. The number of amides is 2. The van der Waals surface area contributed by atoms with Crippen molar-refractivity contribution >= 4 is 35.0 Å². The van der Waals surface area contributed by atoms with Crippen molar-refractivity contribution in [1.29, 1.82) is 0 Å². The van der Waals surface area contributed by atoms with Gasteiger partial charge < -0.3 is 4.74 Å². The highest BCUT2D eigenvalue weighted by Crippen LogP contribution is 2.26. The Kier molecular flexibility index (Phi) is 4.43. The molecule has 24 heavy (non-hydrogen) atoms. The first-order valence-electron chi connectivity index (χ1n) is 6.84. The molecule has 3 rings (SSSR count). The largest absolute Gasteiger partial charge is 0.423 e. The molecule has 0 spiro atoms. The number of thioether (sulfide) groups is 1. The van der Waals surface area contributed by atoms with Crippen molar-refractivity contribution in [3.8, 4) is 5.75 Å². The lowest BCUT2D eigenvalue weighted by atomic mass is 10.2. The molecule has 1 aliphatic heterocycles. The Bertz CT molecular complexity index is 844. The van der Waals surface area contributed by atoms with E-state index in [0.29, 0.717) is 16.2 Å². The van der Waals surface area contributed by atoms with Crippen molar-refractivity contribution in [1.82, 2.24) is 5.32 Å². The van der Waals surface area contributed by atoms with Gasteiger partial charge in [0.25, 0.3) is 11.1 Å². The summed E-state index contributed by atoms with van der Waals surface area (Å²) in [4.78, 5) is 34.8. The smallest absolute Gasteiger partial charge is 0.343 e. The number of carbonyl (C=O) groups is 3. The molecule has 120 valence electrons. The lowest BCUT2D eigenvalue weighted by Gasteiger charge is -2.04. The monoisotopic (exact) mass is 343 g/mol. The van der Waals surface area contributed by atoms with Crippen molar-refractivity contribution in [3.63, 3.8) is 0 Å². The molecular formula is C17H10FNO4S. The van der Waals surface area contributed by atoms with Gasteiger partial charge in [-0.1, -0.05) is 12.1 Å². The molecule has 2 aromatic rings. The van der Waals surface area contributed by atoms with Crippen LogP contribution in [0.1, 0.15) is 15.9 Å². The summed E-state index contributed by atoms with van der Waals surface area (Å²) in [7, 11) is 0.